The van der Waals surface area contributed by atoms with E-state index in [1.165, 1.54) is 17.2 Å². The van der Waals surface area contributed by atoms with E-state index < -0.39 is 31.2 Å². The summed E-state index contributed by atoms with van der Waals surface area (Å²) >= 11 is 0. The highest BCUT2D eigenvalue weighted by molar-refractivity contribution is 5.81. The quantitative estimate of drug-likeness (QED) is 0.639. The van der Waals surface area contributed by atoms with Crippen molar-refractivity contribution >= 4 is 17.0 Å². The van der Waals surface area contributed by atoms with Crippen LogP contribution in [0.2, 0.25) is 0 Å². The summed E-state index contributed by atoms with van der Waals surface area (Å²) in [6.07, 6.45) is -2.61. The molecule has 0 radical (unpaired) electrons. The third-order valence-electron chi connectivity index (χ3n) is 3.13. The number of hydrogen-bond acceptors (Lipinski definition) is 7. The van der Waals surface area contributed by atoms with Crippen LogP contribution >= 0.6 is 0 Å². The number of alkyl halides is 1. The summed E-state index contributed by atoms with van der Waals surface area (Å²) in [6, 6.07) is 0. The molecule has 2 aromatic heterocycles. The van der Waals surface area contributed by atoms with Crippen LogP contribution in [-0.4, -0.2) is 54.7 Å². The molecule has 2 aromatic rings. The van der Waals surface area contributed by atoms with E-state index in [4.69, 9.17) is 15.6 Å². The fourth-order valence-electron chi connectivity index (χ4n) is 2.13. The number of imidazole rings is 1. The number of aliphatic hydroxyl groups excluding tert-OH is 2. The Bertz CT molecular complexity index is 606. The maximum absolute atomic E-state index is 14.0. The third-order valence-corrected chi connectivity index (χ3v) is 3.13. The van der Waals surface area contributed by atoms with E-state index in [9.17, 15) is 9.50 Å². The van der Waals surface area contributed by atoms with Crippen LogP contribution in [0.3, 0.4) is 0 Å². The molecule has 3 rings (SSSR count). The van der Waals surface area contributed by atoms with Gasteiger partial charge in [0.25, 0.3) is 0 Å². The molecule has 0 saturated carbocycles. The Morgan fingerprint density at radius 2 is 2.21 bits per heavy atom. The zero-order valence-corrected chi connectivity index (χ0v) is 9.72. The molecule has 0 aromatic carbocycles. The van der Waals surface area contributed by atoms with Gasteiger partial charge in [0.2, 0.25) is 0 Å². The maximum atomic E-state index is 14.0. The number of aromatic nitrogens is 4. The minimum atomic E-state index is -1.69. The highest BCUT2D eigenvalue weighted by Gasteiger charge is 2.45. The lowest BCUT2D eigenvalue weighted by molar-refractivity contribution is -0.0459. The van der Waals surface area contributed by atoms with Crippen LogP contribution in [0.1, 0.15) is 6.23 Å². The van der Waals surface area contributed by atoms with Gasteiger partial charge in [-0.2, -0.15) is 0 Å². The number of hydrogen-bond donors (Lipinski definition) is 3. The molecule has 9 heteroatoms. The molecule has 19 heavy (non-hydrogen) atoms. The van der Waals surface area contributed by atoms with Crippen LogP contribution < -0.4 is 5.73 Å². The monoisotopic (exact) mass is 269 g/mol. The van der Waals surface area contributed by atoms with Gasteiger partial charge in [-0.15, -0.1) is 0 Å². The molecule has 1 aliphatic heterocycles. The van der Waals surface area contributed by atoms with Crippen molar-refractivity contribution in [2.24, 2.45) is 0 Å². The normalized spacial score (nSPS) is 31.1. The van der Waals surface area contributed by atoms with Crippen molar-refractivity contribution in [3.8, 4) is 0 Å². The topological polar surface area (TPSA) is 119 Å². The van der Waals surface area contributed by atoms with Gasteiger partial charge < -0.3 is 20.7 Å². The molecule has 0 spiro atoms. The Morgan fingerprint density at radius 3 is 2.89 bits per heavy atom. The highest BCUT2D eigenvalue weighted by atomic mass is 19.1. The summed E-state index contributed by atoms with van der Waals surface area (Å²) in [5, 5.41) is 18.6. The Morgan fingerprint density at radius 1 is 1.42 bits per heavy atom. The fraction of sp³-hybridized carbons (Fsp3) is 0.500. The highest BCUT2D eigenvalue weighted by Crippen LogP contribution is 2.33. The van der Waals surface area contributed by atoms with Crippen molar-refractivity contribution < 1.29 is 19.3 Å². The van der Waals surface area contributed by atoms with Crippen molar-refractivity contribution in [2.75, 3.05) is 12.3 Å². The molecule has 102 valence electrons. The summed E-state index contributed by atoms with van der Waals surface area (Å²) in [5.41, 5.74) is 6.28. The first-order valence-corrected chi connectivity index (χ1v) is 5.65. The van der Waals surface area contributed by atoms with Gasteiger partial charge in [0.05, 0.1) is 12.9 Å². The molecular formula is C10H12FN5O3. The van der Waals surface area contributed by atoms with E-state index in [0.29, 0.717) is 11.2 Å². The largest absolute Gasteiger partial charge is 0.394 e. The lowest BCUT2D eigenvalue weighted by Crippen LogP contribution is -2.30. The summed E-state index contributed by atoms with van der Waals surface area (Å²) < 4.78 is 20.6. The molecule has 0 aliphatic carbocycles. The molecular weight excluding hydrogens is 257 g/mol. The first-order chi connectivity index (χ1) is 9.13. The van der Waals surface area contributed by atoms with Gasteiger partial charge in [0.1, 0.15) is 24.1 Å². The fourth-order valence-corrected chi connectivity index (χ4v) is 2.13. The van der Waals surface area contributed by atoms with E-state index in [0.717, 1.165) is 0 Å². The van der Waals surface area contributed by atoms with Gasteiger partial charge in [-0.3, -0.25) is 4.57 Å². The second-order valence-corrected chi connectivity index (χ2v) is 4.27. The molecule has 1 aliphatic rings. The summed E-state index contributed by atoms with van der Waals surface area (Å²) in [5.74, 6) is 0.177. The Balaban J connectivity index is 2.04. The van der Waals surface area contributed by atoms with Gasteiger partial charge in [0, 0.05) is 0 Å². The SMILES string of the molecule is Nc1ncnc2c1ncn2C1O[C@H](CO)[C@@H](O)[C@H]1F. The number of ether oxygens (including phenoxy) is 1. The average molecular weight is 269 g/mol. The maximum Gasteiger partial charge on any atom is 0.173 e. The van der Waals surface area contributed by atoms with Crippen LogP contribution in [0.15, 0.2) is 12.7 Å². The number of anilines is 1. The van der Waals surface area contributed by atoms with Crippen molar-refractivity contribution in [1.82, 2.24) is 19.5 Å². The average Bonchev–Trinajstić information content (AvgIpc) is 2.94. The molecule has 1 saturated heterocycles. The van der Waals surface area contributed by atoms with Gasteiger partial charge in [0.15, 0.2) is 23.9 Å². The minimum absolute atomic E-state index is 0.177. The van der Waals surface area contributed by atoms with Crippen molar-refractivity contribution in [1.29, 1.82) is 0 Å². The standard InChI is InChI=1S/C10H12FN5O3/c11-5-7(18)4(1-17)19-10(5)16-3-15-6-8(12)13-2-14-9(6)16/h2-5,7,10,17-18H,1H2,(H2,12,13,14)/t4-,5-,7-,10?/m1/s1. The number of halogens is 1. The van der Waals surface area contributed by atoms with E-state index >= 15 is 0 Å². The molecule has 0 bridgehead atoms. The van der Waals surface area contributed by atoms with E-state index in [1.54, 1.807) is 0 Å². The Kier molecular flexibility index (Phi) is 2.81. The van der Waals surface area contributed by atoms with Crippen molar-refractivity contribution in [2.45, 2.75) is 24.6 Å². The predicted octanol–water partition coefficient (Wildman–Crippen LogP) is -1.00. The van der Waals surface area contributed by atoms with Gasteiger partial charge in [-0.05, 0) is 0 Å². The van der Waals surface area contributed by atoms with Gasteiger partial charge in [-0.1, -0.05) is 0 Å². The number of nitrogens with zero attached hydrogens (tertiary/aromatic N) is 4. The summed E-state index contributed by atoms with van der Waals surface area (Å²) in [4.78, 5) is 11.8. The Labute approximate surface area is 106 Å². The van der Waals surface area contributed by atoms with Crippen LogP contribution in [0.5, 0.6) is 0 Å². The molecule has 4 N–H and O–H groups in total. The lowest BCUT2D eigenvalue weighted by atomic mass is 10.1. The third kappa shape index (κ3) is 1.74. The van der Waals surface area contributed by atoms with Crippen molar-refractivity contribution in [3.05, 3.63) is 12.7 Å². The summed E-state index contributed by atoms with van der Waals surface area (Å²) in [6.45, 7) is -0.470. The zero-order valence-electron chi connectivity index (χ0n) is 9.72. The minimum Gasteiger partial charge on any atom is -0.394 e. The smallest absolute Gasteiger partial charge is 0.173 e. The first kappa shape index (κ1) is 12.2. The summed E-state index contributed by atoms with van der Waals surface area (Å²) in [7, 11) is 0. The van der Waals surface area contributed by atoms with E-state index in [2.05, 4.69) is 15.0 Å². The van der Waals surface area contributed by atoms with Gasteiger partial charge in [-0.25, -0.2) is 19.3 Å². The second-order valence-electron chi connectivity index (χ2n) is 4.27. The number of aliphatic hydroxyl groups is 2. The van der Waals surface area contributed by atoms with Crippen LogP contribution in [0.4, 0.5) is 10.2 Å². The Hall–Kier alpha value is -1.84. The van der Waals surface area contributed by atoms with Crippen molar-refractivity contribution in [3.63, 3.8) is 0 Å². The number of rotatable bonds is 2. The lowest BCUT2D eigenvalue weighted by Gasteiger charge is -2.14. The van der Waals surface area contributed by atoms with Crippen LogP contribution in [0, 0.1) is 0 Å². The molecule has 8 nitrogen and oxygen atoms in total. The van der Waals surface area contributed by atoms with Gasteiger partial charge >= 0.3 is 0 Å². The van der Waals surface area contributed by atoms with E-state index in [-0.39, 0.29) is 5.82 Å². The van der Waals surface area contributed by atoms with Crippen LogP contribution in [0.25, 0.3) is 11.2 Å². The molecule has 0 amide bonds. The molecule has 1 fully saturated rings. The number of nitrogens with two attached hydrogens (primary N) is 1. The number of nitrogen functional groups attached to an aromatic ring is 1. The zero-order chi connectivity index (χ0) is 13.6. The predicted molar refractivity (Wildman–Crippen MR) is 61.6 cm³/mol. The second kappa shape index (κ2) is 4.37. The van der Waals surface area contributed by atoms with E-state index in [1.807, 2.05) is 0 Å². The first-order valence-electron chi connectivity index (χ1n) is 5.65. The van der Waals surface area contributed by atoms with Crippen LogP contribution in [-0.2, 0) is 4.74 Å². The molecule has 3 heterocycles. The number of fused-ring (bicyclic) bond motifs is 1. The molecule has 1 unspecified atom stereocenters. The molecule has 4 atom stereocenters.